The highest BCUT2D eigenvalue weighted by Crippen LogP contribution is 2.18. The van der Waals surface area contributed by atoms with Crippen molar-refractivity contribution in [3.63, 3.8) is 0 Å². The molecule has 5 nitrogen and oxygen atoms in total. The van der Waals surface area contributed by atoms with E-state index in [1.54, 1.807) is 6.07 Å². The second-order valence-electron chi connectivity index (χ2n) is 4.47. The van der Waals surface area contributed by atoms with Gasteiger partial charge in [0.25, 0.3) is 0 Å². The number of aryl methyl sites for hydroxylation is 1. The number of rotatable bonds is 4. The third-order valence-corrected chi connectivity index (χ3v) is 3.14. The molecule has 1 aromatic carbocycles. The minimum Gasteiger partial charge on any atom is -0.379 e. The van der Waals surface area contributed by atoms with E-state index in [4.69, 9.17) is 0 Å². The van der Waals surface area contributed by atoms with Gasteiger partial charge in [0.2, 0.25) is 0 Å². The quantitative estimate of drug-likeness (QED) is 0.792. The maximum absolute atomic E-state index is 14.0. The molecule has 102 valence electrons. The van der Waals surface area contributed by atoms with Gasteiger partial charge in [-0.15, -0.1) is 0 Å². The lowest BCUT2D eigenvalue weighted by Crippen LogP contribution is -2.05. The van der Waals surface area contributed by atoms with Gasteiger partial charge in [0.15, 0.2) is 5.82 Å². The molecule has 0 fully saturated rings. The maximum atomic E-state index is 14.0. The van der Waals surface area contributed by atoms with Crippen LogP contribution in [0.4, 0.5) is 10.1 Å². The number of hydrogen-bond acceptors (Lipinski definition) is 3. The van der Waals surface area contributed by atoms with Gasteiger partial charge >= 0.3 is 0 Å². The van der Waals surface area contributed by atoms with Crippen LogP contribution in [0.3, 0.4) is 0 Å². The van der Waals surface area contributed by atoms with E-state index in [1.807, 2.05) is 36.0 Å². The van der Waals surface area contributed by atoms with Crippen molar-refractivity contribution in [2.45, 2.75) is 6.54 Å². The van der Waals surface area contributed by atoms with Crippen LogP contribution >= 0.6 is 0 Å². The van der Waals surface area contributed by atoms with Crippen LogP contribution in [-0.4, -0.2) is 19.3 Å². The van der Waals surface area contributed by atoms with Crippen molar-refractivity contribution in [1.29, 1.82) is 0 Å². The molecule has 0 radical (unpaired) electrons. The lowest BCUT2D eigenvalue weighted by molar-refractivity contribution is 0.611. The van der Waals surface area contributed by atoms with Crippen LogP contribution in [0.25, 0.3) is 5.69 Å². The highest BCUT2D eigenvalue weighted by atomic mass is 19.1. The Hall–Kier alpha value is -2.63. The van der Waals surface area contributed by atoms with Crippen molar-refractivity contribution >= 4 is 5.69 Å². The minimum absolute atomic E-state index is 0.340. The molecule has 3 rings (SSSR count). The minimum atomic E-state index is -0.340. The van der Waals surface area contributed by atoms with E-state index < -0.39 is 0 Å². The predicted octanol–water partition coefficient (Wildman–Crippen LogP) is 2.36. The van der Waals surface area contributed by atoms with E-state index in [1.165, 1.54) is 23.4 Å². The summed E-state index contributed by atoms with van der Waals surface area (Å²) >= 11 is 0. The molecule has 0 saturated carbocycles. The first-order valence-electron chi connectivity index (χ1n) is 6.22. The van der Waals surface area contributed by atoms with Crippen LogP contribution < -0.4 is 5.32 Å². The summed E-state index contributed by atoms with van der Waals surface area (Å²) in [5.41, 5.74) is 2.24. The van der Waals surface area contributed by atoms with Crippen molar-refractivity contribution in [2.75, 3.05) is 5.32 Å². The van der Waals surface area contributed by atoms with E-state index in [0.29, 0.717) is 12.2 Å². The fourth-order valence-corrected chi connectivity index (χ4v) is 2.01. The van der Waals surface area contributed by atoms with Gasteiger partial charge in [-0.05, 0) is 30.3 Å². The number of nitrogens with zero attached hydrogens (tertiary/aromatic N) is 4. The third kappa shape index (κ3) is 2.40. The SMILES string of the molecule is Cn1cccc1CNc1ccc(-n2cncn2)c(F)c1. The largest absolute Gasteiger partial charge is 0.379 e. The van der Waals surface area contributed by atoms with Crippen LogP contribution in [0, 0.1) is 5.82 Å². The van der Waals surface area contributed by atoms with E-state index in [9.17, 15) is 4.39 Å². The fraction of sp³-hybridized carbons (Fsp3) is 0.143. The van der Waals surface area contributed by atoms with Crippen molar-refractivity contribution in [1.82, 2.24) is 19.3 Å². The van der Waals surface area contributed by atoms with E-state index in [-0.39, 0.29) is 5.82 Å². The number of aromatic nitrogens is 4. The number of halogens is 1. The summed E-state index contributed by atoms with van der Waals surface area (Å²) in [7, 11) is 1.98. The van der Waals surface area contributed by atoms with Crippen molar-refractivity contribution in [3.8, 4) is 5.69 Å². The molecule has 2 aromatic heterocycles. The topological polar surface area (TPSA) is 47.7 Å². The Balaban J connectivity index is 1.76. The third-order valence-electron chi connectivity index (χ3n) is 3.14. The van der Waals surface area contributed by atoms with E-state index in [0.717, 1.165) is 11.4 Å². The van der Waals surface area contributed by atoms with Crippen LogP contribution in [0.5, 0.6) is 0 Å². The molecule has 3 aromatic rings. The van der Waals surface area contributed by atoms with Gasteiger partial charge in [0.1, 0.15) is 18.3 Å². The Labute approximate surface area is 115 Å². The fourth-order valence-electron chi connectivity index (χ4n) is 2.01. The molecule has 0 bridgehead atoms. The van der Waals surface area contributed by atoms with E-state index in [2.05, 4.69) is 15.4 Å². The zero-order valence-electron chi connectivity index (χ0n) is 11.0. The number of nitrogens with one attached hydrogen (secondary N) is 1. The van der Waals surface area contributed by atoms with Crippen LogP contribution in [0.1, 0.15) is 5.69 Å². The number of benzene rings is 1. The first kappa shape index (κ1) is 12.4. The average molecular weight is 271 g/mol. The Morgan fingerprint density at radius 1 is 1.30 bits per heavy atom. The van der Waals surface area contributed by atoms with Gasteiger partial charge in [-0.3, -0.25) is 0 Å². The number of anilines is 1. The highest BCUT2D eigenvalue weighted by molar-refractivity contribution is 5.49. The molecule has 2 heterocycles. The lowest BCUT2D eigenvalue weighted by atomic mass is 10.2. The Morgan fingerprint density at radius 3 is 2.85 bits per heavy atom. The molecule has 0 unspecified atom stereocenters. The van der Waals surface area contributed by atoms with Gasteiger partial charge in [-0.1, -0.05) is 0 Å². The maximum Gasteiger partial charge on any atom is 0.150 e. The van der Waals surface area contributed by atoms with Gasteiger partial charge < -0.3 is 9.88 Å². The molecule has 0 amide bonds. The summed E-state index contributed by atoms with van der Waals surface area (Å²) < 4.78 is 17.4. The summed E-state index contributed by atoms with van der Waals surface area (Å²) in [6, 6.07) is 8.96. The zero-order chi connectivity index (χ0) is 13.9. The van der Waals surface area contributed by atoms with Gasteiger partial charge in [-0.25, -0.2) is 14.1 Å². The van der Waals surface area contributed by atoms with Crippen molar-refractivity contribution < 1.29 is 4.39 Å². The summed E-state index contributed by atoms with van der Waals surface area (Å²) in [6.07, 6.45) is 4.82. The lowest BCUT2D eigenvalue weighted by Gasteiger charge is -2.09. The standard InChI is InChI=1S/C14H14FN5/c1-19-6-2-3-12(19)8-17-11-4-5-14(13(15)7-11)20-10-16-9-18-20/h2-7,9-10,17H,8H2,1H3. The second kappa shape index (κ2) is 5.16. The molecule has 0 spiro atoms. The zero-order valence-corrected chi connectivity index (χ0v) is 11.0. The monoisotopic (exact) mass is 271 g/mol. The smallest absolute Gasteiger partial charge is 0.150 e. The molecular formula is C14H14FN5. The normalized spacial score (nSPS) is 10.7. The van der Waals surface area contributed by atoms with E-state index >= 15 is 0 Å². The molecule has 0 atom stereocenters. The molecule has 0 aliphatic heterocycles. The molecular weight excluding hydrogens is 257 g/mol. The van der Waals surface area contributed by atoms with Gasteiger partial charge in [0, 0.05) is 24.6 Å². The number of hydrogen-bond donors (Lipinski definition) is 1. The molecule has 20 heavy (non-hydrogen) atoms. The molecule has 0 aliphatic carbocycles. The summed E-state index contributed by atoms with van der Waals surface area (Å²) in [5, 5.41) is 7.11. The molecule has 0 saturated heterocycles. The van der Waals surface area contributed by atoms with Gasteiger partial charge in [0.05, 0.1) is 6.54 Å². The van der Waals surface area contributed by atoms with Crippen LogP contribution in [0.2, 0.25) is 0 Å². The average Bonchev–Trinajstić information content (AvgIpc) is 3.08. The van der Waals surface area contributed by atoms with Gasteiger partial charge in [-0.2, -0.15) is 5.10 Å². The van der Waals surface area contributed by atoms with Crippen LogP contribution in [-0.2, 0) is 13.6 Å². The predicted molar refractivity (Wildman–Crippen MR) is 74.1 cm³/mol. The summed E-state index contributed by atoms with van der Waals surface area (Å²) in [5.74, 6) is -0.340. The first-order chi connectivity index (χ1) is 9.74. The van der Waals surface area contributed by atoms with Crippen molar-refractivity contribution in [2.24, 2.45) is 7.05 Å². The molecule has 1 N–H and O–H groups in total. The summed E-state index contributed by atoms with van der Waals surface area (Å²) in [6.45, 7) is 0.644. The molecule has 0 aliphatic rings. The summed E-state index contributed by atoms with van der Waals surface area (Å²) in [4.78, 5) is 3.81. The Kier molecular flexibility index (Phi) is 3.20. The molecule has 6 heteroatoms. The van der Waals surface area contributed by atoms with Crippen LogP contribution in [0.15, 0.2) is 49.2 Å². The Morgan fingerprint density at radius 2 is 2.20 bits per heavy atom. The first-order valence-corrected chi connectivity index (χ1v) is 6.22. The Bertz CT molecular complexity index is 702. The second-order valence-corrected chi connectivity index (χ2v) is 4.47. The van der Waals surface area contributed by atoms with Crippen molar-refractivity contribution in [3.05, 3.63) is 60.7 Å². The highest BCUT2D eigenvalue weighted by Gasteiger charge is 2.06.